The van der Waals surface area contributed by atoms with Crippen molar-refractivity contribution in [3.8, 4) is 0 Å². The first-order chi connectivity index (χ1) is 19.6. The first kappa shape index (κ1) is 30.6. The molecule has 0 fully saturated rings. The van der Waals surface area contributed by atoms with Crippen molar-refractivity contribution in [2.75, 3.05) is 6.61 Å². The minimum absolute atomic E-state index is 0.173. The lowest BCUT2D eigenvalue weighted by molar-refractivity contribution is -0.128. The van der Waals surface area contributed by atoms with Gasteiger partial charge in [-0.2, -0.15) is 0 Å². The van der Waals surface area contributed by atoms with Gasteiger partial charge in [0.15, 0.2) is 0 Å². The van der Waals surface area contributed by atoms with Crippen LogP contribution in [0.1, 0.15) is 54.6 Å². The van der Waals surface area contributed by atoms with Gasteiger partial charge in [-0.1, -0.05) is 73.7 Å². The first-order valence-corrected chi connectivity index (χ1v) is 14.6. The number of nitrogens with one attached hydrogen (secondary N) is 1. The summed E-state index contributed by atoms with van der Waals surface area (Å²) in [5.41, 5.74) is 1.78. The average Bonchev–Trinajstić information content (AvgIpc) is 3.22. The van der Waals surface area contributed by atoms with E-state index in [4.69, 9.17) is 27.9 Å². The van der Waals surface area contributed by atoms with Gasteiger partial charge in [-0.15, -0.1) is 11.6 Å². The van der Waals surface area contributed by atoms with Crippen molar-refractivity contribution in [2.24, 2.45) is 5.92 Å². The van der Waals surface area contributed by atoms with E-state index in [0.29, 0.717) is 41.6 Å². The summed E-state index contributed by atoms with van der Waals surface area (Å²) in [6.07, 6.45) is 18.9. The summed E-state index contributed by atoms with van der Waals surface area (Å²) in [4.78, 5) is 24.7. The van der Waals surface area contributed by atoms with Gasteiger partial charge in [-0.05, 0) is 66.7 Å². The van der Waals surface area contributed by atoms with Gasteiger partial charge < -0.3 is 19.7 Å². The lowest BCUT2D eigenvalue weighted by Gasteiger charge is -2.25. The molecule has 2 N–H and O–H groups in total. The minimum Gasteiger partial charge on any atom is -0.478 e. The smallest absolute Gasteiger partial charge is 0.336 e. The molecule has 0 spiro atoms. The van der Waals surface area contributed by atoms with E-state index in [1.807, 2.05) is 36.6 Å². The van der Waals surface area contributed by atoms with Gasteiger partial charge in [0.05, 0.1) is 22.2 Å². The number of rotatable bonds is 11. The zero-order valence-corrected chi connectivity index (χ0v) is 24.9. The van der Waals surface area contributed by atoms with Crippen molar-refractivity contribution in [1.29, 1.82) is 0 Å². The molecule has 3 atom stereocenters. The predicted molar refractivity (Wildman–Crippen MR) is 165 cm³/mol. The van der Waals surface area contributed by atoms with E-state index in [-0.39, 0.29) is 23.5 Å². The number of carbonyl (C=O) groups excluding carboxylic acids is 1. The highest BCUT2D eigenvalue weighted by atomic mass is 35.5. The van der Waals surface area contributed by atoms with Gasteiger partial charge in [-0.25, -0.2) is 4.79 Å². The Labute approximate surface area is 251 Å². The molecular formula is C33H36Cl2N2O4. The van der Waals surface area contributed by atoms with E-state index in [2.05, 4.69) is 42.4 Å². The fourth-order valence-electron chi connectivity index (χ4n) is 4.97. The Kier molecular flexibility index (Phi) is 10.1. The molecular weight excluding hydrogens is 559 g/mol. The zero-order valence-electron chi connectivity index (χ0n) is 23.4. The Morgan fingerprint density at radius 2 is 2.02 bits per heavy atom. The third-order valence-electron chi connectivity index (χ3n) is 7.55. The summed E-state index contributed by atoms with van der Waals surface area (Å²) in [6.45, 7) is 8.54. The van der Waals surface area contributed by atoms with Gasteiger partial charge >= 0.3 is 5.97 Å². The van der Waals surface area contributed by atoms with Crippen molar-refractivity contribution in [1.82, 2.24) is 9.88 Å². The summed E-state index contributed by atoms with van der Waals surface area (Å²) < 4.78 is 8.23. The summed E-state index contributed by atoms with van der Waals surface area (Å²) in [5, 5.41) is 14.6. The first-order valence-electron chi connectivity index (χ1n) is 13.8. The highest BCUT2D eigenvalue weighted by Gasteiger charge is 2.24. The molecule has 0 radical (unpaired) electrons. The van der Waals surface area contributed by atoms with E-state index in [1.165, 1.54) is 0 Å². The number of carbonyl (C=O) groups is 2. The number of carboxylic acid groups (broad SMARTS) is 1. The number of nitrogens with zero attached hydrogens (tertiary/aromatic N) is 1. The fourth-order valence-corrected chi connectivity index (χ4v) is 5.55. The molecule has 0 saturated heterocycles. The van der Waals surface area contributed by atoms with E-state index in [9.17, 15) is 14.7 Å². The van der Waals surface area contributed by atoms with E-state index in [1.54, 1.807) is 24.3 Å². The Balaban J connectivity index is 1.63. The normalized spacial score (nSPS) is 20.3. The van der Waals surface area contributed by atoms with E-state index in [0.717, 1.165) is 29.0 Å². The fraction of sp³-hybridized carbons (Fsp3) is 0.333. The molecule has 1 aromatic carbocycles. The monoisotopic (exact) mass is 594 g/mol. The summed E-state index contributed by atoms with van der Waals surface area (Å²) in [6, 6.07) is 7.01. The molecule has 0 saturated carbocycles. The van der Waals surface area contributed by atoms with Crippen molar-refractivity contribution in [3.63, 3.8) is 0 Å². The lowest BCUT2D eigenvalue weighted by atomic mass is 9.94. The van der Waals surface area contributed by atoms with Crippen LogP contribution in [-0.4, -0.2) is 39.1 Å². The van der Waals surface area contributed by atoms with E-state index >= 15 is 0 Å². The molecule has 8 heteroatoms. The third kappa shape index (κ3) is 7.91. The summed E-state index contributed by atoms with van der Waals surface area (Å²) in [5.74, 6) is -0.927. The number of benzene rings is 1. The molecule has 1 aromatic heterocycles. The number of hydrogen-bond donors (Lipinski definition) is 2. The molecule has 216 valence electrons. The lowest BCUT2D eigenvalue weighted by Crippen LogP contribution is -2.39. The van der Waals surface area contributed by atoms with Crippen molar-refractivity contribution in [2.45, 2.75) is 57.1 Å². The van der Waals surface area contributed by atoms with Crippen LogP contribution >= 0.6 is 23.2 Å². The Morgan fingerprint density at radius 3 is 2.71 bits per heavy atom. The quantitative estimate of drug-likeness (QED) is 0.340. The number of ether oxygens (including phenoxy) is 1. The Bertz CT molecular complexity index is 1530. The van der Waals surface area contributed by atoms with Crippen LogP contribution in [0.5, 0.6) is 0 Å². The average molecular weight is 596 g/mol. The SMILES string of the molecule is C=c1c(CC2C=CC=CC2)cn(Cc2ccccc2C(=O)O)/c1=C/C(C)(CC)OCC(=O)NC1=C(Cl)CC(Cl)C=C1. The van der Waals surface area contributed by atoms with Crippen LogP contribution in [0, 0.1) is 5.92 Å². The summed E-state index contributed by atoms with van der Waals surface area (Å²) in [7, 11) is 0. The van der Waals surface area contributed by atoms with Gasteiger partial charge in [0.2, 0.25) is 5.91 Å². The van der Waals surface area contributed by atoms with Crippen LogP contribution in [0.25, 0.3) is 12.7 Å². The van der Waals surface area contributed by atoms with Crippen molar-refractivity contribution < 1.29 is 19.4 Å². The topological polar surface area (TPSA) is 80.6 Å². The van der Waals surface area contributed by atoms with Gasteiger partial charge in [0.25, 0.3) is 0 Å². The Hall–Kier alpha value is -3.32. The van der Waals surface area contributed by atoms with Crippen LogP contribution in [-0.2, 0) is 22.5 Å². The van der Waals surface area contributed by atoms with Crippen molar-refractivity contribution in [3.05, 3.63) is 105 Å². The number of amides is 1. The largest absolute Gasteiger partial charge is 0.478 e. The number of alkyl halides is 1. The minimum atomic E-state index is -0.968. The van der Waals surface area contributed by atoms with Crippen LogP contribution in [0.4, 0.5) is 0 Å². The molecule has 2 aliphatic rings. The second kappa shape index (κ2) is 13.6. The van der Waals surface area contributed by atoms with Crippen LogP contribution in [0.15, 0.2) is 77.6 Å². The van der Waals surface area contributed by atoms with E-state index < -0.39 is 11.6 Å². The molecule has 4 rings (SSSR count). The second-order valence-electron chi connectivity index (χ2n) is 10.7. The maximum atomic E-state index is 12.8. The van der Waals surface area contributed by atoms with Crippen LogP contribution in [0.2, 0.25) is 0 Å². The zero-order chi connectivity index (χ0) is 29.6. The number of allylic oxidation sites excluding steroid dienone is 7. The summed E-state index contributed by atoms with van der Waals surface area (Å²) >= 11 is 12.4. The second-order valence-corrected chi connectivity index (χ2v) is 11.7. The molecule has 0 bridgehead atoms. The molecule has 0 aliphatic heterocycles. The number of hydrogen-bond acceptors (Lipinski definition) is 3. The maximum Gasteiger partial charge on any atom is 0.336 e. The maximum absolute atomic E-state index is 12.8. The molecule has 3 unspecified atom stereocenters. The van der Waals surface area contributed by atoms with Gasteiger partial charge in [-0.3, -0.25) is 4.79 Å². The van der Waals surface area contributed by atoms with Gasteiger partial charge in [0.1, 0.15) is 6.61 Å². The number of aromatic carboxylic acids is 1. The number of halogens is 2. The predicted octanol–water partition coefficient (Wildman–Crippen LogP) is 5.42. The number of aromatic nitrogens is 1. The van der Waals surface area contributed by atoms with Crippen LogP contribution < -0.4 is 15.9 Å². The number of carboxylic acids is 1. The highest BCUT2D eigenvalue weighted by molar-refractivity contribution is 6.31. The molecule has 2 aliphatic carbocycles. The molecule has 41 heavy (non-hydrogen) atoms. The van der Waals surface area contributed by atoms with Crippen molar-refractivity contribution >= 4 is 47.7 Å². The van der Waals surface area contributed by atoms with Gasteiger partial charge in [0, 0.05) is 29.5 Å². The molecule has 1 amide bonds. The standard InChI is InChI=1S/C33H36Cl2N2O4/c1-4-33(3,41-21-31(38)36-29-15-14-26(34)17-28(29)35)18-30-22(2)25(16-23-10-6-5-7-11-23)20-37(30)19-24-12-8-9-13-27(24)32(39)40/h5-10,12-15,18,20,23,26H,2,4,11,16-17,19,21H2,1,3H3,(H,36,38)(H,39,40)/b30-18+. The molecule has 6 nitrogen and oxygen atoms in total. The highest BCUT2D eigenvalue weighted by Crippen LogP contribution is 2.24. The van der Waals surface area contributed by atoms with Crippen LogP contribution in [0.3, 0.4) is 0 Å². The Morgan fingerprint density at radius 1 is 1.24 bits per heavy atom. The third-order valence-corrected chi connectivity index (χ3v) is 8.20. The molecule has 1 heterocycles. The molecule has 2 aromatic rings.